The number of amides is 1. The summed E-state index contributed by atoms with van der Waals surface area (Å²) in [7, 11) is 0. The van der Waals surface area contributed by atoms with Crippen molar-refractivity contribution in [1.82, 2.24) is 15.5 Å². The number of carbonyl (C=O) groups excluding carboxylic acids is 1. The number of alkyl halides is 4. The van der Waals surface area contributed by atoms with Gasteiger partial charge in [0.1, 0.15) is 11.5 Å². The van der Waals surface area contributed by atoms with Crippen LogP contribution in [-0.2, 0) is 16.8 Å². The molecule has 0 atom stereocenters. The summed E-state index contributed by atoms with van der Waals surface area (Å²) in [4.78, 5) is 16.1. The van der Waals surface area contributed by atoms with E-state index >= 15 is 0 Å². The van der Waals surface area contributed by atoms with E-state index in [2.05, 4.69) is 24.9 Å². The minimum atomic E-state index is -3.19. The molecule has 2 rings (SSSR count). The molecule has 7 nitrogen and oxygen atoms in total. The third-order valence-corrected chi connectivity index (χ3v) is 3.37. The average molecular weight is 417 g/mol. The first-order chi connectivity index (χ1) is 13.5. The van der Waals surface area contributed by atoms with Crippen LogP contribution in [0.5, 0.6) is 11.5 Å². The van der Waals surface area contributed by atoms with Crippen molar-refractivity contribution in [3.8, 4) is 11.5 Å². The Bertz CT molecular complexity index is 863. The molecule has 29 heavy (non-hydrogen) atoms. The fraction of sp³-hybridized carbons (Fsp3) is 0.389. The van der Waals surface area contributed by atoms with E-state index in [0.717, 1.165) is 18.2 Å². The van der Waals surface area contributed by atoms with E-state index in [1.165, 1.54) is 12.1 Å². The lowest BCUT2D eigenvalue weighted by atomic mass is 9.97. The fourth-order valence-corrected chi connectivity index (χ4v) is 2.05. The molecule has 2 aromatic rings. The van der Waals surface area contributed by atoms with Gasteiger partial charge < -0.3 is 19.3 Å². The Hall–Kier alpha value is -3.11. The van der Waals surface area contributed by atoms with E-state index in [1.807, 2.05) is 20.8 Å². The maximum absolute atomic E-state index is 12.6. The summed E-state index contributed by atoms with van der Waals surface area (Å²) in [5.74, 6) is -0.661. The molecule has 0 fully saturated rings. The number of aromatic nitrogens is 2. The van der Waals surface area contributed by atoms with Crippen molar-refractivity contribution in [2.24, 2.45) is 0 Å². The first-order valence-corrected chi connectivity index (χ1v) is 8.37. The molecule has 158 valence electrons. The first-order valence-electron chi connectivity index (χ1n) is 8.37. The van der Waals surface area contributed by atoms with Gasteiger partial charge in [0.05, 0.1) is 6.54 Å². The molecule has 0 saturated carbocycles. The zero-order valence-electron chi connectivity index (χ0n) is 15.8. The molecule has 0 unspecified atom stereocenters. The SMILES string of the molecule is CC(C)(C)c1nc(CNC(=O)/C=C/c2ccc(OC(F)F)cc2OC(F)F)no1. The van der Waals surface area contributed by atoms with Crippen molar-refractivity contribution in [2.45, 2.75) is 46.0 Å². The van der Waals surface area contributed by atoms with Crippen LogP contribution in [0.15, 0.2) is 28.8 Å². The van der Waals surface area contributed by atoms with Gasteiger partial charge in [-0.05, 0) is 18.2 Å². The lowest BCUT2D eigenvalue weighted by Crippen LogP contribution is -2.21. The molecule has 11 heteroatoms. The highest BCUT2D eigenvalue weighted by Gasteiger charge is 2.21. The Labute approximate surface area is 163 Å². The lowest BCUT2D eigenvalue weighted by Gasteiger charge is -2.11. The van der Waals surface area contributed by atoms with Crippen LogP contribution < -0.4 is 14.8 Å². The Morgan fingerprint density at radius 2 is 1.90 bits per heavy atom. The fourth-order valence-electron chi connectivity index (χ4n) is 2.05. The normalized spacial score (nSPS) is 12.0. The highest BCUT2D eigenvalue weighted by molar-refractivity contribution is 5.92. The van der Waals surface area contributed by atoms with E-state index in [1.54, 1.807) is 0 Å². The van der Waals surface area contributed by atoms with E-state index in [9.17, 15) is 22.4 Å². The largest absolute Gasteiger partial charge is 0.435 e. The van der Waals surface area contributed by atoms with Crippen molar-refractivity contribution < 1.29 is 36.4 Å². The number of rotatable bonds is 8. The summed E-state index contributed by atoms with van der Waals surface area (Å²) in [6.07, 6.45) is 2.25. The van der Waals surface area contributed by atoms with Crippen LogP contribution in [0.4, 0.5) is 17.6 Å². The summed E-state index contributed by atoms with van der Waals surface area (Å²) in [6.45, 7) is -0.643. The number of ether oxygens (including phenoxy) is 2. The van der Waals surface area contributed by atoms with Gasteiger partial charge in [-0.3, -0.25) is 4.79 Å². The molecule has 0 aliphatic carbocycles. The monoisotopic (exact) mass is 417 g/mol. The Balaban J connectivity index is 2.03. The van der Waals surface area contributed by atoms with Crippen LogP contribution in [0.1, 0.15) is 38.0 Å². The van der Waals surface area contributed by atoms with Crippen molar-refractivity contribution in [1.29, 1.82) is 0 Å². The topological polar surface area (TPSA) is 86.5 Å². The maximum Gasteiger partial charge on any atom is 0.387 e. The number of hydrogen-bond acceptors (Lipinski definition) is 6. The third kappa shape index (κ3) is 7.09. The number of nitrogens with zero attached hydrogens (tertiary/aromatic N) is 2. The van der Waals surface area contributed by atoms with Gasteiger partial charge in [-0.15, -0.1) is 0 Å². The summed E-state index contributed by atoms with van der Waals surface area (Å²) in [5.41, 5.74) is -0.271. The Kier molecular flexibility index (Phi) is 7.18. The average Bonchev–Trinajstić information content (AvgIpc) is 3.07. The van der Waals surface area contributed by atoms with Gasteiger partial charge in [-0.1, -0.05) is 25.9 Å². The summed E-state index contributed by atoms with van der Waals surface area (Å²) in [6, 6.07) is 3.21. The van der Waals surface area contributed by atoms with E-state index < -0.39 is 24.9 Å². The number of hydrogen-bond donors (Lipinski definition) is 1. The molecule has 0 spiro atoms. The van der Waals surface area contributed by atoms with Crippen LogP contribution in [0.2, 0.25) is 0 Å². The van der Waals surface area contributed by atoms with Gasteiger partial charge in [0.25, 0.3) is 0 Å². The van der Waals surface area contributed by atoms with E-state index in [4.69, 9.17) is 4.52 Å². The van der Waals surface area contributed by atoms with Gasteiger partial charge in [-0.2, -0.15) is 22.5 Å². The van der Waals surface area contributed by atoms with Crippen LogP contribution >= 0.6 is 0 Å². The van der Waals surface area contributed by atoms with Gasteiger partial charge in [0.2, 0.25) is 11.8 Å². The Morgan fingerprint density at radius 1 is 1.21 bits per heavy atom. The van der Waals surface area contributed by atoms with Crippen LogP contribution in [0.25, 0.3) is 6.08 Å². The molecule has 0 radical (unpaired) electrons. The smallest absolute Gasteiger partial charge is 0.387 e. The molecule has 0 saturated heterocycles. The first kappa shape index (κ1) is 22.2. The number of nitrogens with one attached hydrogen (secondary N) is 1. The minimum absolute atomic E-state index is 0.00961. The highest BCUT2D eigenvalue weighted by atomic mass is 19.3. The molecule has 1 N–H and O–H groups in total. The van der Waals surface area contributed by atoms with Crippen molar-refractivity contribution in [2.75, 3.05) is 0 Å². The van der Waals surface area contributed by atoms with E-state index in [-0.39, 0.29) is 29.1 Å². The second-order valence-electron chi connectivity index (χ2n) is 6.77. The van der Waals surface area contributed by atoms with Crippen molar-refractivity contribution in [3.63, 3.8) is 0 Å². The molecule has 0 aliphatic rings. The van der Waals surface area contributed by atoms with E-state index in [0.29, 0.717) is 5.89 Å². The molecule has 1 heterocycles. The predicted octanol–water partition coefficient (Wildman–Crippen LogP) is 3.90. The molecular formula is C18H19F4N3O4. The second kappa shape index (κ2) is 9.39. The van der Waals surface area contributed by atoms with Crippen LogP contribution in [-0.4, -0.2) is 29.3 Å². The van der Waals surface area contributed by atoms with Gasteiger partial charge >= 0.3 is 13.2 Å². The summed E-state index contributed by atoms with van der Waals surface area (Å²) >= 11 is 0. The number of carbonyl (C=O) groups is 1. The van der Waals surface area contributed by atoms with Gasteiger partial charge in [0, 0.05) is 23.1 Å². The number of benzene rings is 1. The predicted molar refractivity (Wildman–Crippen MR) is 93.6 cm³/mol. The lowest BCUT2D eigenvalue weighted by molar-refractivity contribution is -0.116. The second-order valence-corrected chi connectivity index (χ2v) is 6.77. The molecular weight excluding hydrogens is 398 g/mol. The Morgan fingerprint density at radius 3 is 2.48 bits per heavy atom. The molecule has 0 aliphatic heterocycles. The maximum atomic E-state index is 12.6. The molecule has 1 aromatic carbocycles. The van der Waals surface area contributed by atoms with Gasteiger partial charge in [-0.25, -0.2) is 0 Å². The highest BCUT2D eigenvalue weighted by Crippen LogP contribution is 2.28. The van der Waals surface area contributed by atoms with Crippen molar-refractivity contribution >= 4 is 12.0 Å². The zero-order chi connectivity index (χ0) is 21.6. The standard InChI is InChI=1S/C18H19F4N3O4/c1-18(2,3)15-24-13(25-29-15)9-23-14(26)7-5-10-4-6-11(27-16(19)20)8-12(10)28-17(21)22/h4-8,16-17H,9H2,1-3H3,(H,23,26)/b7-5+. The molecule has 0 bridgehead atoms. The van der Waals surface area contributed by atoms with Gasteiger partial charge in [0.15, 0.2) is 5.82 Å². The molecule has 1 amide bonds. The zero-order valence-corrected chi connectivity index (χ0v) is 15.8. The quantitative estimate of drug-likeness (QED) is 0.518. The third-order valence-electron chi connectivity index (χ3n) is 3.37. The van der Waals surface area contributed by atoms with Crippen LogP contribution in [0, 0.1) is 0 Å². The van der Waals surface area contributed by atoms with Crippen LogP contribution in [0.3, 0.4) is 0 Å². The molecule has 1 aromatic heterocycles. The minimum Gasteiger partial charge on any atom is -0.435 e. The summed E-state index contributed by atoms with van der Waals surface area (Å²) < 4.78 is 63.2. The van der Waals surface area contributed by atoms with Crippen molar-refractivity contribution in [3.05, 3.63) is 41.6 Å². The number of halogens is 4. The summed E-state index contributed by atoms with van der Waals surface area (Å²) in [5, 5.41) is 6.26.